The van der Waals surface area contributed by atoms with E-state index >= 15 is 0 Å². The second kappa shape index (κ2) is 11.3. The van der Waals surface area contributed by atoms with E-state index in [1.165, 1.54) is 11.8 Å². The molecule has 6 N–H and O–H groups in total. The number of carboxylic acid groups (broad SMARTS) is 1. The molecule has 0 aliphatic carbocycles. The minimum absolute atomic E-state index is 0.208. The fraction of sp³-hybridized carbons (Fsp3) is 0.786. The van der Waals surface area contributed by atoms with E-state index in [-0.39, 0.29) is 5.92 Å². The molecule has 9 heteroatoms. The maximum Gasteiger partial charge on any atom is 0.326 e. The van der Waals surface area contributed by atoms with Crippen LogP contribution in [0.2, 0.25) is 0 Å². The molecule has 0 heterocycles. The first-order valence-corrected chi connectivity index (χ1v) is 8.86. The number of nitrogens with two attached hydrogens (primary N) is 1. The Balaban J connectivity index is 4.98. The van der Waals surface area contributed by atoms with Crippen molar-refractivity contribution in [3.8, 4) is 0 Å². The Bertz CT molecular complexity index is 408. The van der Waals surface area contributed by atoms with E-state index < -0.39 is 42.5 Å². The Morgan fingerprint density at radius 3 is 2.26 bits per heavy atom. The molecule has 23 heavy (non-hydrogen) atoms. The van der Waals surface area contributed by atoms with Gasteiger partial charge in [0.05, 0.1) is 6.61 Å². The van der Waals surface area contributed by atoms with Gasteiger partial charge in [-0.1, -0.05) is 20.3 Å². The average molecular weight is 349 g/mol. The van der Waals surface area contributed by atoms with E-state index in [4.69, 9.17) is 10.8 Å². The summed E-state index contributed by atoms with van der Waals surface area (Å²) >= 11 is 1.48. The monoisotopic (exact) mass is 349 g/mol. The van der Waals surface area contributed by atoms with Crippen LogP contribution in [0.3, 0.4) is 0 Å². The highest BCUT2D eigenvalue weighted by Crippen LogP contribution is 2.10. The van der Waals surface area contributed by atoms with Crippen molar-refractivity contribution in [2.45, 2.75) is 44.8 Å². The van der Waals surface area contributed by atoms with Crippen molar-refractivity contribution in [1.82, 2.24) is 10.6 Å². The molecule has 0 aliphatic heterocycles. The number of hydrogen-bond acceptors (Lipinski definition) is 6. The molecule has 8 nitrogen and oxygen atoms in total. The van der Waals surface area contributed by atoms with Crippen molar-refractivity contribution in [2.75, 3.05) is 18.6 Å². The van der Waals surface area contributed by atoms with E-state index in [2.05, 4.69) is 10.6 Å². The zero-order chi connectivity index (χ0) is 18.0. The first kappa shape index (κ1) is 21.7. The number of carboxylic acids is 1. The fourth-order valence-electron chi connectivity index (χ4n) is 1.80. The van der Waals surface area contributed by atoms with Crippen molar-refractivity contribution in [2.24, 2.45) is 11.7 Å². The van der Waals surface area contributed by atoms with Gasteiger partial charge in [0.1, 0.15) is 18.1 Å². The predicted molar refractivity (Wildman–Crippen MR) is 89.0 cm³/mol. The van der Waals surface area contributed by atoms with Crippen LogP contribution in [0, 0.1) is 5.92 Å². The van der Waals surface area contributed by atoms with E-state index in [9.17, 15) is 19.5 Å². The Morgan fingerprint density at radius 2 is 1.83 bits per heavy atom. The highest BCUT2D eigenvalue weighted by Gasteiger charge is 2.30. The van der Waals surface area contributed by atoms with Gasteiger partial charge < -0.3 is 26.6 Å². The molecule has 2 amide bonds. The highest BCUT2D eigenvalue weighted by molar-refractivity contribution is 7.98. The first-order chi connectivity index (χ1) is 10.8. The maximum absolute atomic E-state index is 12.4. The molecule has 134 valence electrons. The molecule has 0 aromatic rings. The van der Waals surface area contributed by atoms with E-state index in [0.29, 0.717) is 18.6 Å². The van der Waals surface area contributed by atoms with Gasteiger partial charge in [0.15, 0.2) is 0 Å². The van der Waals surface area contributed by atoms with Gasteiger partial charge in [-0.25, -0.2) is 4.79 Å². The van der Waals surface area contributed by atoms with Crippen LogP contribution < -0.4 is 16.4 Å². The third kappa shape index (κ3) is 7.67. The van der Waals surface area contributed by atoms with Crippen LogP contribution in [-0.4, -0.2) is 64.7 Å². The molecule has 0 bridgehead atoms. The molecule has 4 atom stereocenters. The van der Waals surface area contributed by atoms with Gasteiger partial charge in [-0.05, 0) is 24.3 Å². The summed E-state index contributed by atoms with van der Waals surface area (Å²) in [5, 5.41) is 23.0. The highest BCUT2D eigenvalue weighted by atomic mass is 32.2. The topological polar surface area (TPSA) is 142 Å². The van der Waals surface area contributed by atoms with Crippen LogP contribution in [0.15, 0.2) is 0 Å². The largest absolute Gasteiger partial charge is 0.480 e. The molecule has 0 saturated heterocycles. The summed E-state index contributed by atoms with van der Waals surface area (Å²) in [7, 11) is 0. The SMILES string of the molecule is CCC(C)C(NC(=O)C(N)CO)C(=O)NC(CCSC)C(=O)O. The minimum Gasteiger partial charge on any atom is -0.480 e. The number of rotatable bonds is 11. The average Bonchev–Trinajstić information content (AvgIpc) is 2.53. The van der Waals surface area contributed by atoms with Crippen LogP contribution in [0.1, 0.15) is 26.7 Å². The number of carbonyl (C=O) groups is 3. The van der Waals surface area contributed by atoms with Gasteiger partial charge in [-0.15, -0.1) is 0 Å². The number of hydrogen-bond donors (Lipinski definition) is 5. The number of nitrogens with one attached hydrogen (secondary N) is 2. The van der Waals surface area contributed by atoms with Crippen LogP contribution in [-0.2, 0) is 14.4 Å². The summed E-state index contributed by atoms with van der Waals surface area (Å²) < 4.78 is 0. The number of aliphatic hydroxyl groups excluding tert-OH is 1. The maximum atomic E-state index is 12.4. The summed E-state index contributed by atoms with van der Waals surface area (Å²) in [4.78, 5) is 35.4. The van der Waals surface area contributed by atoms with Crippen molar-refractivity contribution < 1.29 is 24.6 Å². The Hall–Kier alpha value is -1.32. The van der Waals surface area contributed by atoms with Crippen LogP contribution in [0.5, 0.6) is 0 Å². The molecule has 0 spiro atoms. The number of aliphatic hydroxyl groups is 1. The second-order valence-corrected chi connectivity index (χ2v) is 6.33. The van der Waals surface area contributed by atoms with Crippen molar-refractivity contribution in [3.05, 3.63) is 0 Å². The lowest BCUT2D eigenvalue weighted by molar-refractivity contribution is -0.142. The van der Waals surface area contributed by atoms with Crippen molar-refractivity contribution in [3.63, 3.8) is 0 Å². The Kier molecular flexibility index (Phi) is 10.6. The third-order valence-corrected chi connectivity index (χ3v) is 4.20. The Labute approximate surface area is 140 Å². The second-order valence-electron chi connectivity index (χ2n) is 5.34. The van der Waals surface area contributed by atoms with Gasteiger partial charge in [0.25, 0.3) is 0 Å². The quantitative estimate of drug-likeness (QED) is 0.327. The predicted octanol–water partition coefficient (Wildman–Crippen LogP) is -0.841. The summed E-state index contributed by atoms with van der Waals surface area (Å²) in [6, 6.07) is -3.03. The zero-order valence-corrected chi connectivity index (χ0v) is 14.6. The number of amides is 2. The van der Waals surface area contributed by atoms with Crippen LogP contribution in [0.4, 0.5) is 0 Å². The smallest absolute Gasteiger partial charge is 0.326 e. The molecule has 4 unspecified atom stereocenters. The molecule has 0 radical (unpaired) electrons. The van der Waals surface area contributed by atoms with E-state index in [1.54, 1.807) is 6.92 Å². The van der Waals surface area contributed by atoms with Crippen molar-refractivity contribution in [1.29, 1.82) is 0 Å². The molecule has 0 aromatic heterocycles. The summed E-state index contributed by atoms with van der Waals surface area (Å²) in [6.07, 6.45) is 2.74. The molecule has 0 rings (SSSR count). The fourth-order valence-corrected chi connectivity index (χ4v) is 2.27. The number of aliphatic carboxylic acids is 1. The zero-order valence-electron chi connectivity index (χ0n) is 13.7. The van der Waals surface area contributed by atoms with E-state index in [1.807, 2.05) is 13.2 Å². The van der Waals surface area contributed by atoms with Gasteiger partial charge in [0, 0.05) is 0 Å². The molecule has 0 aliphatic rings. The van der Waals surface area contributed by atoms with E-state index in [0.717, 1.165) is 0 Å². The third-order valence-electron chi connectivity index (χ3n) is 3.55. The first-order valence-electron chi connectivity index (χ1n) is 7.47. The summed E-state index contributed by atoms with van der Waals surface area (Å²) in [5.41, 5.74) is 5.43. The van der Waals surface area contributed by atoms with Gasteiger partial charge in [-0.2, -0.15) is 11.8 Å². The molecule has 0 saturated carbocycles. The lowest BCUT2D eigenvalue weighted by atomic mass is 9.97. The molecular weight excluding hydrogens is 322 g/mol. The van der Waals surface area contributed by atoms with Crippen LogP contribution >= 0.6 is 11.8 Å². The van der Waals surface area contributed by atoms with Gasteiger partial charge in [-0.3, -0.25) is 9.59 Å². The normalized spacial score (nSPS) is 16.0. The minimum atomic E-state index is -1.12. The summed E-state index contributed by atoms with van der Waals surface area (Å²) in [5.74, 6) is -1.95. The molecule has 0 aromatic carbocycles. The van der Waals surface area contributed by atoms with Crippen LogP contribution in [0.25, 0.3) is 0 Å². The lowest BCUT2D eigenvalue weighted by Gasteiger charge is -2.26. The van der Waals surface area contributed by atoms with Crippen molar-refractivity contribution >= 4 is 29.5 Å². The lowest BCUT2D eigenvalue weighted by Crippen LogP contribution is -2.57. The number of thioether (sulfide) groups is 1. The summed E-state index contributed by atoms with van der Waals surface area (Å²) in [6.45, 7) is 3.09. The molecule has 0 fully saturated rings. The molecular formula is C14H27N3O5S. The standard InChI is InChI=1S/C14H27N3O5S/c1-4-8(2)11(17-12(19)9(15)7-18)13(20)16-10(14(21)22)5-6-23-3/h8-11,18H,4-7,15H2,1-3H3,(H,16,20)(H,17,19)(H,21,22). The Morgan fingerprint density at radius 1 is 1.22 bits per heavy atom. The number of carbonyl (C=O) groups excluding carboxylic acids is 2. The van der Waals surface area contributed by atoms with Gasteiger partial charge >= 0.3 is 5.97 Å². The van der Waals surface area contributed by atoms with Gasteiger partial charge in [0.2, 0.25) is 11.8 Å².